The van der Waals surface area contributed by atoms with Crippen LogP contribution in [0.1, 0.15) is 26.3 Å². The van der Waals surface area contributed by atoms with E-state index in [0.29, 0.717) is 18.8 Å². The van der Waals surface area contributed by atoms with Crippen LogP contribution in [-0.4, -0.2) is 24.8 Å². The van der Waals surface area contributed by atoms with Crippen molar-refractivity contribution in [2.24, 2.45) is 5.73 Å². The van der Waals surface area contributed by atoms with Crippen LogP contribution in [0.2, 0.25) is 0 Å². The van der Waals surface area contributed by atoms with Crippen molar-refractivity contribution in [3.63, 3.8) is 0 Å². The zero-order valence-corrected chi connectivity index (χ0v) is 11.9. The average molecular weight is 266 g/mol. The maximum absolute atomic E-state index is 11.7. The Morgan fingerprint density at radius 2 is 2.05 bits per heavy atom. The molecule has 0 aliphatic heterocycles. The highest BCUT2D eigenvalue weighted by Gasteiger charge is 2.16. The smallest absolute Gasteiger partial charge is 0.412 e. The lowest BCUT2D eigenvalue weighted by atomic mass is 10.2. The van der Waals surface area contributed by atoms with Gasteiger partial charge in [0.15, 0.2) is 0 Å². The first-order valence-electron chi connectivity index (χ1n) is 6.25. The van der Waals surface area contributed by atoms with Crippen molar-refractivity contribution in [3.05, 3.63) is 23.8 Å². The van der Waals surface area contributed by atoms with E-state index in [9.17, 15) is 4.79 Å². The first kappa shape index (κ1) is 15.3. The van der Waals surface area contributed by atoms with Crippen LogP contribution < -0.4 is 15.8 Å². The molecule has 1 amide bonds. The van der Waals surface area contributed by atoms with Gasteiger partial charge in [-0.25, -0.2) is 4.79 Å². The van der Waals surface area contributed by atoms with Crippen molar-refractivity contribution in [2.45, 2.75) is 33.3 Å². The van der Waals surface area contributed by atoms with E-state index in [1.165, 1.54) is 0 Å². The summed E-state index contributed by atoms with van der Waals surface area (Å²) in [5.41, 5.74) is 6.46. The Morgan fingerprint density at radius 3 is 2.58 bits per heavy atom. The van der Waals surface area contributed by atoms with Crippen molar-refractivity contribution in [1.29, 1.82) is 0 Å². The molecule has 0 saturated carbocycles. The highest BCUT2D eigenvalue weighted by atomic mass is 16.6. The van der Waals surface area contributed by atoms with Gasteiger partial charge in [-0.3, -0.25) is 5.32 Å². The number of benzene rings is 1. The molecular formula is C14H22N2O3. The second kappa shape index (κ2) is 6.43. The van der Waals surface area contributed by atoms with Crippen molar-refractivity contribution in [3.8, 4) is 5.75 Å². The van der Waals surface area contributed by atoms with Crippen LogP contribution in [0.3, 0.4) is 0 Å². The van der Waals surface area contributed by atoms with E-state index in [0.717, 1.165) is 11.3 Å². The molecule has 1 rings (SSSR count). The van der Waals surface area contributed by atoms with E-state index < -0.39 is 11.7 Å². The fraction of sp³-hybridized carbons (Fsp3) is 0.500. The van der Waals surface area contributed by atoms with Crippen molar-refractivity contribution >= 4 is 11.8 Å². The summed E-state index contributed by atoms with van der Waals surface area (Å²) >= 11 is 0. The van der Waals surface area contributed by atoms with Crippen molar-refractivity contribution < 1.29 is 14.3 Å². The molecule has 0 aromatic heterocycles. The molecule has 106 valence electrons. The molecule has 1 aromatic rings. The lowest BCUT2D eigenvalue weighted by molar-refractivity contribution is 0.0636. The summed E-state index contributed by atoms with van der Waals surface area (Å²) in [6.45, 7) is 8.30. The Kier molecular flexibility index (Phi) is 5.18. The number of hydrogen-bond acceptors (Lipinski definition) is 4. The van der Waals surface area contributed by atoms with Gasteiger partial charge in [0.2, 0.25) is 0 Å². The number of carbonyl (C=O) groups excluding carboxylic acids is 1. The third kappa shape index (κ3) is 5.61. The molecule has 0 atom stereocenters. The van der Waals surface area contributed by atoms with Crippen LogP contribution in [0.4, 0.5) is 10.5 Å². The molecule has 0 unspecified atom stereocenters. The topological polar surface area (TPSA) is 73.6 Å². The van der Waals surface area contributed by atoms with Gasteiger partial charge in [0.25, 0.3) is 0 Å². The zero-order valence-electron chi connectivity index (χ0n) is 11.9. The molecule has 0 saturated heterocycles. The predicted octanol–water partition coefficient (Wildman–Crippen LogP) is 2.68. The predicted molar refractivity (Wildman–Crippen MR) is 75.6 cm³/mol. The number of hydrogen-bond donors (Lipinski definition) is 2. The summed E-state index contributed by atoms with van der Waals surface area (Å²) in [6.07, 6.45) is -0.466. The van der Waals surface area contributed by atoms with Crippen LogP contribution in [0, 0.1) is 6.92 Å². The molecule has 0 aliphatic rings. The number of rotatable bonds is 4. The highest BCUT2D eigenvalue weighted by molar-refractivity contribution is 5.86. The molecule has 0 fully saturated rings. The van der Waals surface area contributed by atoms with Crippen molar-refractivity contribution in [1.82, 2.24) is 0 Å². The number of carbonyl (C=O) groups is 1. The van der Waals surface area contributed by atoms with Gasteiger partial charge in [-0.2, -0.15) is 0 Å². The Hall–Kier alpha value is -1.75. The van der Waals surface area contributed by atoms with Crippen LogP contribution >= 0.6 is 0 Å². The normalized spacial score (nSPS) is 11.0. The third-order valence-corrected chi connectivity index (χ3v) is 2.22. The Bertz CT molecular complexity index is 439. The summed E-state index contributed by atoms with van der Waals surface area (Å²) in [4.78, 5) is 11.7. The maximum Gasteiger partial charge on any atom is 0.412 e. The van der Waals surface area contributed by atoms with E-state index >= 15 is 0 Å². The maximum atomic E-state index is 11.7. The number of nitrogens with two attached hydrogens (primary N) is 1. The first-order valence-corrected chi connectivity index (χ1v) is 6.25. The van der Waals surface area contributed by atoms with Crippen LogP contribution in [-0.2, 0) is 4.74 Å². The number of aryl methyl sites for hydroxylation is 1. The fourth-order valence-corrected chi connectivity index (χ4v) is 1.46. The summed E-state index contributed by atoms with van der Waals surface area (Å²) in [5.74, 6) is 0.734. The molecule has 3 N–H and O–H groups in total. The average Bonchev–Trinajstić information content (AvgIpc) is 2.27. The van der Waals surface area contributed by atoms with Gasteiger partial charge >= 0.3 is 6.09 Å². The van der Waals surface area contributed by atoms with Crippen LogP contribution in [0.25, 0.3) is 0 Å². The molecule has 1 aromatic carbocycles. The molecule has 5 nitrogen and oxygen atoms in total. The molecule has 0 heterocycles. The number of anilines is 1. The van der Waals surface area contributed by atoms with E-state index in [1.54, 1.807) is 12.1 Å². The van der Waals surface area contributed by atoms with E-state index in [-0.39, 0.29) is 0 Å². The Morgan fingerprint density at radius 1 is 1.37 bits per heavy atom. The first-order chi connectivity index (χ1) is 8.81. The van der Waals surface area contributed by atoms with Gasteiger partial charge in [0.1, 0.15) is 18.0 Å². The minimum atomic E-state index is -0.512. The molecule has 0 spiro atoms. The van der Waals surface area contributed by atoms with Crippen LogP contribution in [0.5, 0.6) is 5.75 Å². The number of amides is 1. The largest absolute Gasteiger partial charge is 0.492 e. The standard InChI is InChI=1S/C14H22N2O3/c1-10-9-11(18-8-7-15)5-6-12(10)16-13(17)19-14(2,3)4/h5-6,9H,7-8,15H2,1-4H3,(H,16,17). The monoisotopic (exact) mass is 266 g/mol. The minimum absolute atomic E-state index is 0.466. The fourth-order valence-electron chi connectivity index (χ4n) is 1.46. The van der Waals surface area contributed by atoms with E-state index in [4.69, 9.17) is 15.2 Å². The van der Waals surface area contributed by atoms with Gasteiger partial charge in [0, 0.05) is 12.2 Å². The molecule has 0 radical (unpaired) electrons. The third-order valence-electron chi connectivity index (χ3n) is 2.22. The minimum Gasteiger partial charge on any atom is -0.492 e. The lowest BCUT2D eigenvalue weighted by Gasteiger charge is -2.20. The Labute approximate surface area is 114 Å². The Balaban J connectivity index is 2.67. The molecule has 0 aliphatic carbocycles. The zero-order chi connectivity index (χ0) is 14.5. The second-order valence-corrected chi connectivity index (χ2v) is 5.24. The molecule has 5 heteroatoms. The van der Waals surface area contributed by atoms with Crippen LogP contribution in [0.15, 0.2) is 18.2 Å². The summed E-state index contributed by atoms with van der Waals surface area (Å²) in [6, 6.07) is 5.42. The van der Waals surface area contributed by atoms with Crippen molar-refractivity contribution in [2.75, 3.05) is 18.5 Å². The van der Waals surface area contributed by atoms with E-state index in [2.05, 4.69) is 5.32 Å². The molecule has 19 heavy (non-hydrogen) atoms. The van der Waals surface area contributed by atoms with Gasteiger partial charge in [0.05, 0.1) is 0 Å². The SMILES string of the molecule is Cc1cc(OCCN)ccc1NC(=O)OC(C)(C)C. The van der Waals surface area contributed by atoms with Gasteiger partial charge in [-0.15, -0.1) is 0 Å². The van der Waals surface area contributed by atoms with E-state index in [1.807, 2.05) is 33.8 Å². The molecular weight excluding hydrogens is 244 g/mol. The summed E-state index contributed by atoms with van der Waals surface area (Å²) in [5, 5.41) is 2.71. The summed E-state index contributed by atoms with van der Waals surface area (Å²) < 4.78 is 10.6. The number of nitrogens with one attached hydrogen (secondary N) is 1. The summed E-state index contributed by atoms with van der Waals surface area (Å²) in [7, 11) is 0. The van der Waals surface area contributed by atoms with Gasteiger partial charge in [-0.1, -0.05) is 0 Å². The highest BCUT2D eigenvalue weighted by Crippen LogP contribution is 2.22. The van der Waals surface area contributed by atoms with Gasteiger partial charge in [-0.05, 0) is 51.5 Å². The van der Waals surface area contributed by atoms with Gasteiger partial charge < -0.3 is 15.2 Å². The second-order valence-electron chi connectivity index (χ2n) is 5.24. The molecule has 0 bridgehead atoms. The quantitative estimate of drug-likeness (QED) is 0.878. The number of ether oxygens (including phenoxy) is 2. The lowest BCUT2D eigenvalue weighted by Crippen LogP contribution is -2.27.